The molecule has 1 fully saturated rings. The summed E-state index contributed by atoms with van der Waals surface area (Å²) in [5.74, 6) is 0. The zero-order chi connectivity index (χ0) is 11.2. The van der Waals surface area contributed by atoms with Gasteiger partial charge in [-0.2, -0.15) is 0 Å². The van der Waals surface area contributed by atoms with Crippen LogP contribution >= 0.6 is 0 Å². The van der Waals surface area contributed by atoms with Crippen molar-refractivity contribution in [2.75, 3.05) is 0 Å². The topological polar surface area (TPSA) is 46.7 Å². The molecule has 84 valence electrons. The summed E-state index contributed by atoms with van der Waals surface area (Å²) in [5, 5.41) is 0. The standard InChI is InChI=1S/C12H12O3S/c13-16(14,9-5-2-1-3-6-9)11-8-4-7-10-12(11)15-10/h1-3,5-6,8,10,12H,4,7H2. The van der Waals surface area contributed by atoms with Gasteiger partial charge in [0.25, 0.3) is 0 Å². The normalized spacial score (nSPS) is 28.1. The van der Waals surface area contributed by atoms with Gasteiger partial charge in [-0.1, -0.05) is 24.3 Å². The average Bonchev–Trinajstić information content (AvgIpc) is 3.08. The number of hydrogen-bond acceptors (Lipinski definition) is 3. The molecule has 0 N–H and O–H groups in total. The zero-order valence-electron chi connectivity index (χ0n) is 8.67. The molecular weight excluding hydrogens is 224 g/mol. The third-order valence-corrected chi connectivity index (χ3v) is 4.94. The van der Waals surface area contributed by atoms with Crippen LogP contribution in [0.2, 0.25) is 0 Å². The maximum absolute atomic E-state index is 12.3. The molecule has 0 amide bonds. The largest absolute Gasteiger partial charge is 0.364 e. The minimum atomic E-state index is -3.33. The van der Waals surface area contributed by atoms with Crippen LogP contribution in [-0.2, 0) is 14.6 Å². The summed E-state index contributed by atoms with van der Waals surface area (Å²) in [6.45, 7) is 0. The first-order valence-electron chi connectivity index (χ1n) is 5.35. The van der Waals surface area contributed by atoms with Crippen LogP contribution in [0.3, 0.4) is 0 Å². The van der Waals surface area contributed by atoms with E-state index in [0.29, 0.717) is 9.80 Å². The van der Waals surface area contributed by atoms with Crippen LogP contribution in [0.15, 0.2) is 46.2 Å². The first-order valence-corrected chi connectivity index (χ1v) is 6.83. The van der Waals surface area contributed by atoms with Crippen molar-refractivity contribution in [2.24, 2.45) is 0 Å². The van der Waals surface area contributed by atoms with Crippen molar-refractivity contribution < 1.29 is 13.2 Å². The van der Waals surface area contributed by atoms with Gasteiger partial charge in [0, 0.05) is 0 Å². The fourth-order valence-electron chi connectivity index (χ4n) is 2.12. The fraction of sp³-hybridized carbons (Fsp3) is 0.333. The highest BCUT2D eigenvalue weighted by Gasteiger charge is 2.48. The molecule has 2 atom stereocenters. The molecule has 2 unspecified atom stereocenters. The van der Waals surface area contributed by atoms with E-state index in [1.807, 2.05) is 6.07 Å². The molecule has 3 rings (SSSR count). The summed E-state index contributed by atoms with van der Waals surface area (Å²) in [5.41, 5.74) is 0. The zero-order valence-corrected chi connectivity index (χ0v) is 9.48. The van der Waals surface area contributed by atoms with E-state index in [1.54, 1.807) is 30.3 Å². The van der Waals surface area contributed by atoms with Gasteiger partial charge in [0.1, 0.15) is 6.10 Å². The number of sulfone groups is 1. The Morgan fingerprint density at radius 2 is 1.94 bits per heavy atom. The Bertz CT molecular complexity index is 531. The van der Waals surface area contributed by atoms with Crippen molar-refractivity contribution in [1.82, 2.24) is 0 Å². The molecule has 3 nitrogen and oxygen atoms in total. The van der Waals surface area contributed by atoms with Crippen LogP contribution in [-0.4, -0.2) is 20.6 Å². The van der Waals surface area contributed by atoms with E-state index in [1.165, 1.54) is 0 Å². The van der Waals surface area contributed by atoms with Gasteiger partial charge in [-0.05, 0) is 25.0 Å². The highest BCUT2D eigenvalue weighted by Crippen LogP contribution is 2.41. The molecule has 0 radical (unpaired) electrons. The van der Waals surface area contributed by atoms with Gasteiger partial charge in [-0.3, -0.25) is 0 Å². The fourth-order valence-corrected chi connectivity index (χ4v) is 3.76. The Balaban J connectivity index is 2.03. The van der Waals surface area contributed by atoms with Gasteiger partial charge < -0.3 is 4.74 Å². The summed E-state index contributed by atoms with van der Waals surface area (Å²) < 4.78 is 29.9. The summed E-state index contributed by atoms with van der Waals surface area (Å²) in [6.07, 6.45) is 3.50. The molecule has 1 aliphatic heterocycles. The maximum Gasteiger partial charge on any atom is 0.205 e. The average molecular weight is 236 g/mol. The number of rotatable bonds is 2. The van der Waals surface area contributed by atoms with Gasteiger partial charge in [-0.25, -0.2) is 8.42 Å². The first kappa shape index (κ1) is 10.1. The summed E-state index contributed by atoms with van der Waals surface area (Å²) >= 11 is 0. The van der Waals surface area contributed by atoms with Crippen LogP contribution in [0.25, 0.3) is 0 Å². The Morgan fingerprint density at radius 1 is 1.19 bits per heavy atom. The summed E-state index contributed by atoms with van der Waals surface area (Å²) in [6, 6.07) is 8.54. The van der Waals surface area contributed by atoms with Crippen molar-refractivity contribution in [3.05, 3.63) is 41.3 Å². The van der Waals surface area contributed by atoms with Crippen molar-refractivity contribution in [3.8, 4) is 0 Å². The van der Waals surface area contributed by atoms with Crippen molar-refractivity contribution in [3.63, 3.8) is 0 Å². The van der Waals surface area contributed by atoms with Crippen LogP contribution in [0.1, 0.15) is 12.8 Å². The molecule has 0 saturated carbocycles. The predicted octanol–water partition coefficient (Wildman–Crippen LogP) is 1.91. The second-order valence-corrected chi connectivity index (χ2v) is 6.05. The van der Waals surface area contributed by atoms with Gasteiger partial charge in [0.2, 0.25) is 9.84 Å². The van der Waals surface area contributed by atoms with Crippen LogP contribution < -0.4 is 0 Å². The van der Waals surface area contributed by atoms with E-state index in [4.69, 9.17) is 4.74 Å². The molecule has 1 aromatic rings. The highest BCUT2D eigenvalue weighted by molar-refractivity contribution is 7.95. The molecule has 4 heteroatoms. The number of epoxide rings is 1. The van der Waals surface area contributed by atoms with Gasteiger partial charge in [0.15, 0.2) is 0 Å². The molecule has 0 aromatic heterocycles. The van der Waals surface area contributed by atoms with Crippen LogP contribution in [0.5, 0.6) is 0 Å². The molecule has 0 bridgehead atoms. The van der Waals surface area contributed by atoms with E-state index in [0.717, 1.165) is 12.8 Å². The molecule has 16 heavy (non-hydrogen) atoms. The summed E-state index contributed by atoms with van der Waals surface area (Å²) in [7, 11) is -3.33. The van der Waals surface area contributed by atoms with Gasteiger partial charge >= 0.3 is 0 Å². The quantitative estimate of drug-likeness (QED) is 0.737. The van der Waals surface area contributed by atoms with Crippen molar-refractivity contribution in [2.45, 2.75) is 29.9 Å². The molecule has 0 spiro atoms. The Labute approximate surface area is 94.7 Å². The lowest BCUT2D eigenvalue weighted by Crippen LogP contribution is -2.14. The molecule has 1 aromatic carbocycles. The van der Waals surface area contributed by atoms with E-state index in [9.17, 15) is 8.42 Å². The minimum Gasteiger partial charge on any atom is -0.364 e. The molecular formula is C12H12O3S. The van der Waals surface area contributed by atoms with E-state index in [-0.39, 0.29) is 12.2 Å². The lowest BCUT2D eigenvalue weighted by molar-refractivity contribution is 0.383. The Kier molecular flexibility index (Phi) is 2.16. The Morgan fingerprint density at radius 3 is 2.69 bits per heavy atom. The molecule has 2 aliphatic rings. The van der Waals surface area contributed by atoms with Crippen LogP contribution in [0, 0.1) is 0 Å². The SMILES string of the molecule is O=S(=O)(C1=CCCC2OC12)c1ccccc1. The third-order valence-electron chi connectivity index (χ3n) is 3.02. The smallest absolute Gasteiger partial charge is 0.205 e. The maximum atomic E-state index is 12.3. The number of allylic oxidation sites excluding steroid dienone is 1. The van der Waals surface area contributed by atoms with Gasteiger partial charge in [-0.15, -0.1) is 0 Å². The Hall–Kier alpha value is -1.13. The van der Waals surface area contributed by atoms with Crippen molar-refractivity contribution in [1.29, 1.82) is 0 Å². The number of ether oxygens (including phenoxy) is 1. The number of benzene rings is 1. The highest BCUT2D eigenvalue weighted by atomic mass is 32.2. The lowest BCUT2D eigenvalue weighted by Gasteiger charge is -2.09. The van der Waals surface area contributed by atoms with Crippen LogP contribution in [0.4, 0.5) is 0 Å². The third kappa shape index (κ3) is 1.49. The minimum absolute atomic E-state index is 0.137. The van der Waals surface area contributed by atoms with E-state index in [2.05, 4.69) is 0 Å². The summed E-state index contributed by atoms with van der Waals surface area (Å²) in [4.78, 5) is 0.812. The first-order chi connectivity index (χ1) is 7.69. The number of fused-ring (bicyclic) bond motifs is 1. The molecule has 1 aliphatic carbocycles. The lowest BCUT2D eigenvalue weighted by atomic mass is 10.1. The van der Waals surface area contributed by atoms with E-state index < -0.39 is 9.84 Å². The van der Waals surface area contributed by atoms with E-state index >= 15 is 0 Å². The molecule has 1 saturated heterocycles. The predicted molar refractivity (Wildman–Crippen MR) is 59.6 cm³/mol. The second-order valence-electron chi connectivity index (χ2n) is 4.10. The molecule has 1 heterocycles. The van der Waals surface area contributed by atoms with Crippen molar-refractivity contribution >= 4 is 9.84 Å². The second kappa shape index (κ2) is 3.43. The number of hydrogen-bond donors (Lipinski definition) is 0. The van der Waals surface area contributed by atoms with Gasteiger partial charge in [0.05, 0.1) is 15.9 Å². The monoisotopic (exact) mass is 236 g/mol.